The van der Waals surface area contributed by atoms with E-state index in [0.29, 0.717) is 30.9 Å². The topological polar surface area (TPSA) is 73.9 Å². The van der Waals surface area contributed by atoms with Crippen molar-refractivity contribution in [2.24, 2.45) is 0 Å². The average Bonchev–Trinajstić information content (AvgIpc) is 2.77. The van der Waals surface area contributed by atoms with Crippen LogP contribution in [0.1, 0.15) is 17.5 Å². The number of nitrogens with one attached hydrogen (secondary N) is 2. The fourth-order valence-electron chi connectivity index (χ4n) is 3.67. The zero-order valence-corrected chi connectivity index (χ0v) is 18.6. The highest BCUT2D eigenvalue weighted by Crippen LogP contribution is 2.23. The summed E-state index contributed by atoms with van der Waals surface area (Å²) in [6, 6.07) is 13.3. The van der Waals surface area contributed by atoms with Gasteiger partial charge in [-0.2, -0.15) is 0 Å². The minimum atomic E-state index is -0.0279. The first-order valence-electron chi connectivity index (χ1n) is 10.7. The van der Waals surface area contributed by atoms with Crippen molar-refractivity contribution in [1.82, 2.24) is 9.80 Å². The Morgan fingerprint density at radius 1 is 0.871 bits per heavy atom. The number of ether oxygens (including phenoxy) is 1. The minimum Gasteiger partial charge on any atom is -0.495 e. The second-order valence-corrected chi connectivity index (χ2v) is 7.91. The van der Waals surface area contributed by atoms with E-state index in [1.54, 1.807) is 7.11 Å². The zero-order chi connectivity index (χ0) is 22.2. The SMILES string of the molecule is COc1ccccc1NC(=O)CCN1CCN(CC(=O)Nc2cccc(C)c2C)CC1. The van der Waals surface area contributed by atoms with Crippen LogP contribution in [0.4, 0.5) is 11.4 Å². The number of benzene rings is 2. The molecule has 31 heavy (non-hydrogen) atoms. The normalized spacial score (nSPS) is 14.8. The molecule has 7 nitrogen and oxygen atoms in total. The van der Waals surface area contributed by atoms with Crippen molar-refractivity contribution in [1.29, 1.82) is 0 Å². The summed E-state index contributed by atoms with van der Waals surface area (Å²) < 4.78 is 5.27. The predicted molar refractivity (Wildman–Crippen MR) is 124 cm³/mol. The Morgan fingerprint density at radius 2 is 1.52 bits per heavy atom. The molecular weight excluding hydrogens is 392 g/mol. The highest BCUT2D eigenvalue weighted by atomic mass is 16.5. The van der Waals surface area contributed by atoms with Gasteiger partial charge in [-0.1, -0.05) is 24.3 Å². The van der Waals surface area contributed by atoms with Gasteiger partial charge in [0.1, 0.15) is 5.75 Å². The summed E-state index contributed by atoms with van der Waals surface area (Å²) in [5.41, 5.74) is 3.84. The van der Waals surface area contributed by atoms with E-state index in [2.05, 4.69) is 20.4 Å². The van der Waals surface area contributed by atoms with Gasteiger partial charge in [0.05, 0.1) is 19.3 Å². The molecule has 1 aliphatic rings. The number of carbonyl (C=O) groups is 2. The van der Waals surface area contributed by atoms with Crippen LogP contribution in [0.2, 0.25) is 0 Å². The first-order chi connectivity index (χ1) is 15.0. The lowest BCUT2D eigenvalue weighted by Gasteiger charge is -2.34. The lowest BCUT2D eigenvalue weighted by atomic mass is 10.1. The summed E-state index contributed by atoms with van der Waals surface area (Å²) in [4.78, 5) is 29.2. The van der Waals surface area contributed by atoms with Crippen molar-refractivity contribution in [3.63, 3.8) is 0 Å². The molecule has 166 valence electrons. The Kier molecular flexibility index (Phi) is 8.03. The summed E-state index contributed by atoms with van der Waals surface area (Å²) >= 11 is 0. The Bertz CT molecular complexity index is 907. The van der Waals surface area contributed by atoms with Crippen molar-refractivity contribution in [3.05, 3.63) is 53.6 Å². The maximum atomic E-state index is 12.4. The average molecular weight is 425 g/mol. The minimum absolute atomic E-state index is 0.0123. The van der Waals surface area contributed by atoms with Crippen LogP contribution < -0.4 is 15.4 Å². The van der Waals surface area contributed by atoms with E-state index in [1.807, 2.05) is 56.3 Å². The number of methoxy groups -OCH3 is 1. The third-order valence-corrected chi connectivity index (χ3v) is 5.75. The molecule has 1 heterocycles. The summed E-state index contributed by atoms with van der Waals surface area (Å²) in [5, 5.41) is 5.94. The maximum absolute atomic E-state index is 12.4. The van der Waals surface area contributed by atoms with Gasteiger partial charge in [-0.15, -0.1) is 0 Å². The van der Waals surface area contributed by atoms with Crippen LogP contribution in [0, 0.1) is 13.8 Å². The summed E-state index contributed by atoms with van der Waals surface area (Å²) in [6.45, 7) is 8.47. The first-order valence-corrected chi connectivity index (χ1v) is 10.7. The van der Waals surface area contributed by atoms with Gasteiger partial charge in [-0.3, -0.25) is 14.5 Å². The molecule has 0 bridgehead atoms. The number of hydrogen-bond donors (Lipinski definition) is 2. The van der Waals surface area contributed by atoms with Crippen LogP contribution in [0.3, 0.4) is 0 Å². The van der Waals surface area contributed by atoms with Crippen LogP contribution in [0.15, 0.2) is 42.5 Å². The van der Waals surface area contributed by atoms with Gasteiger partial charge >= 0.3 is 0 Å². The number of amides is 2. The molecule has 1 aliphatic heterocycles. The Balaban J connectivity index is 1.38. The van der Waals surface area contributed by atoms with Crippen molar-refractivity contribution in [2.45, 2.75) is 20.3 Å². The molecule has 2 N–H and O–H groups in total. The molecule has 0 saturated carbocycles. The summed E-state index contributed by atoms with van der Waals surface area (Å²) in [7, 11) is 1.59. The number of aryl methyl sites for hydroxylation is 1. The van der Waals surface area contributed by atoms with Gasteiger partial charge in [0.2, 0.25) is 11.8 Å². The van der Waals surface area contributed by atoms with Gasteiger partial charge in [0.25, 0.3) is 0 Å². The van der Waals surface area contributed by atoms with Crippen LogP contribution >= 0.6 is 0 Å². The molecular formula is C24H32N4O3. The number of nitrogens with zero attached hydrogens (tertiary/aromatic N) is 2. The third-order valence-electron chi connectivity index (χ3n) is 5.75. The third kappa shape index (κ3) is 6.54. The van der Waals surface area contributed by atoms with Gasteiger partial charge in [0, 0.05) is 44.8 Å². The lowest BCUT2D eigenvalue weighted by Crippen LogP contribution is -2.49. The molecule has 2 amide bonds. The van der Waals surface area contributed by atoms with Gasteiger partial charge in [-0.05, 0) is 43.2 Å². The second-order valence-electron chi connectivity index (χ2n) is 7.91. The smallest absolute Gasteiger partial charge is 0.238 e. The molecule has 0 aromatic heterocycles. The van der Waals surface area contributed by atoms with Crippen molar-refractivity contribution in [3.8, 4) is 5.75 Å². The largest absolute Gasteiger partial charge is 0.495 e. The number of anilines is 2. The fraction of sp³-hybridized carbons (Fsp3) is 0.417. The van der Waals surface area contributed by atoms with E-state index in [-0.39, 0.29) is 11.8 Å². The quantitative estimate of drug-likeness (QED) is 0.682. The van der Waals surface area contributed by atoms with Crippen LogP contribution in [0.5, 0.6) is 5.75 Å². The number of para-hydroxylation sites is 2. The van der Waals surface area contributed by atoms with Crippen LogP contribution in [-0.4, -0.2) is 68.0 Å². The van der Waals surface area contributed by atoms with Crippen molar-refractivity contribution < 1.29 is 14.3 Å². The highest BCUT2D eigenvalue weighted by Gasteiger charge is 2.20. The molecule has 1 saturated heterocycles. The maximum Gasteiger partial charge on any atom is 0.238 e. The molecule has 0 unspecified atom stereocenters. The van der Waals surface area contributed by atoms with E-state index in [0.717, 1.165) is 37.4 Å². The monoisotopic (exact) mass is 424 g/mol. The molecule has 3 rings (SSSR count). The zero-order valence-electron chi connectivity index (χ0n) is 18.6. The Morgan fingerprint density at radius 3 is 2.26 bits per heavy atom. The number of carbonyl (C=O) groups excluding carboxylic acids is 2. The number of piperazine rings is 1. The Hall–Kier alpha value is -2.90. The van der Waals surface area contributed by atoms with Gasteiger partial charge in [0.15, 0.2) is 0 Å². The van der Waals surface area contributed by atoms with Crippen molar-refractivity contribution >= 4 is 23.2 Å². The van der Waals surface area contributed by atoms with E-state index in [1.165, 1.54) is 5.56 Å². The van der Waals surface area contributed by atoms with E-state index in [4.69, 9.17) is 4.74 Å². The molecule has 0 spiro atoms. The molecule has 7 heteroatoms. The summed E-state index contributed by atoms with van der Waals surface area (Å²) in [6.07, 6.45) is 0.422. The number of hydrogen-bond acceptors (Lipinski definition) is 5. The lowest BCUT2D eigenvalue weighted by molar-refractivity contribution is -0.117. The summed E-state index contributed by atoms with van der Waals surface area (Å²) in [5.74, 6) is 0.641. The second kappa shape index (κ2) is 10.9. The number of rotatable bonds is 8. The molecule has 0 radical (unpaired) electrons. The van der Waals surface area contributed by atoms with E-state index >= 15 is 0 Å². The molecule has 2 aromatic carbocycles. The van der Waals surface area contributed by atoms with Crippen LogP contribution in [-0.2, 0) is 9.59 Å². The standard InChI is InChI=1S/C24H32N4O3/c1-18-7-6-9-20(19(18)2)25-24(30)17-28-15-13-27(14-16-28)12-11-23(29)26-21-8-4-5-10-22(21)31-3/h4-10H,11-17H2,1-3H3,(H,25,30)(H,26,29). The molecule has 2 aromatic rings. The predicted octanol–water partition coefficient (Wildman–Crippen LogP) is 2.90. The fourth-order valence-corrected chi connectivity index (χ4v) is 3.67. The van der Waals surface area contributed by atoms with Gasteiger partial charge in [-0.25, -0.2) is 0 Å². The molecule has 0 aliphatic carbocycles. The van der Waals surface area contributed by atoms with Gasteiger partial charge < -0.3 is 20.3 Å². The van der Waals surface area contributed by atoms with E-state index < -0.39 is 0 Å². The molecule has 0 atom stereocenters. The Labute approximate surface area is 184 Å². The van der Waals surface area contributed by atoms with E-state index in [9.17, 15) is 9.59 Å². The van der Waals surface area contributed by atoms with Crippen LogP contribution in [0.25, 0.3) is 0 Å². The highest BCUT2D eigenvalue weighted by molar-refractivity contribution is 5.93. The first kappa shape index (κ1) is 22.8. The molecule has 1 fully saturated rings. The van der Waals surface area contributed by atoms with Crippen molar-refractivity contribution in [2.75, 3.05) is 57.0 Å².